The van der Waals surface area contributed by atoms with Crippen LogP contribution in [0.3, 0.4) is 0 Å². The SMILES string of the molecule is CC(N=CC(=O)OC(C)(C)C)c1ccccc1. The van der Waals surface area contributed by atoms with Crippen molar-refractivity contribution in [3.8, 4) is 0 Å². The van der Waals surface area contributed by atoms with E-state index in [0.29, 0.717) is 0 Å². The lowest BCUT2D eigenvalue weighted by molar-refractivity contribution is -0.145. The molecular formula is C14H19NO2. The molecular weight excluding hydrogens is 214 g/mol. The molecule has 1 unspecified atom stereocenters. The van der Waals surface area contributed by atoms with Gasteiger partial charge in [0.25, 0.3) is 0 Å². The fourth-order valence-electron chi connectivity index (χ4n) is 1.32. The summed E-state index contributed by atoms with van der Waals surface area (Å²) in [6.07, 6.45) is 1.25. The van der Waals surface area contributed by atoms with Gasteiger partial charge in [-0.05, 0) is 33.3 Å². The van der Waals surface area contributed by atoms with Crippen LogP contribution in [0.4, 0.5) is 0 Å². The van der Waals surface area contributed by atoms with E-state index in [2.05, 4.69) is 4.99 Å². The van der Waals surface area contributed by atoms with Gasteiger partial charge in [-0.1, -0.05) is 30.3 Å². The normalized spacial score (nSPS) is 13.6. The second-order valence-electron chi connectivity index (χ2n) is 4.90. The third kappa shape index (κ3) is 5.29. The summed E-state index contributed by atoms with van der Waals surface area (Å²) in [5, 5.41) is 0. The molecule has 0 aromatic heterocycles. The number of hydrogen-bond acceptors (Lipinski definition) is 3. The first-order valence-corrected chi connectivity index (χ1v) is 5.69. The van der Waals surface area contributed by atoms with Crippen molar-refractivity contribution in [1.29, 1.82) is 0 Å². The smallest absolute Gasteiger partial charge is 0.349 e. The molecule has 0 aliphatic rings. The Morgan fingerprint density at radius 3 is 2.41 bits per heavy atom. The molecule has 0 radical (unpaired) electrons. The number of aliphatic imine (C=N–C) groups is 1. The summed E-state index contributed by atoms with van der Waals surface area (Å²) in [6.45, 7) is 7.44. The zero-order valence-corrected chi connectivity index (χ0v) is 10.8. The molecule has 1 aromatic rings. The zero-order valence-electron chi connectivity index (χ0n) is 10.8. The van der Waals surface area contributed by atoms with Crippen LogP contribution >= 0.6 is 0 Å². The minimum Gasteiger partial charge on any atom is -0.456 e. The topological polar surface area (TPSA) is 38.7 Å². The number of ether oxygens (including phenoxy) is 1. The maximum Gasteiger partial charge on any atom is 0.349 e. The lowest BCUT2D eigenvalue weighted by Crippen LogP contribution is -2.24. The first kappa shape index (κ1) is 13.4. The Morgan fingerprint density at radius 2 is 1.88 bits per heavy atom. The van der Waals surface area contributed by atoms with Crippen molar-refractivity contribution in [3.63, 3.8) is 0 Å². The number of rotatable bonds is 3. The first-order chi connectivity index (χ1) is 7.88. The second kappa shape index (κ2) is 5.62. The molecule has 0 saturated carbocycles. The van der Waals surface area contributed by atoms with E-state index in [-0.39, 0.29) is 6.04 Å². The van der Waals surface area contributed by atoms with Crippen molar-refractivity contribution in [2.24, 2.45) is 4.99 Å². The molecule has 0 aliphatic heterocycles. The Morgan fingerprint density at radius 1 is 1.29 bits per heavy atom. The monoisotopic (exact) mass is 233 g/mol. The van der Waals surface area contributed by atoms with Crippen molar-refractivity contribution >= 4 is 12.2 Å². The molecule has 1 rings (SSSR count). The predicted octanol–water partition coefficient (Wildman–Crippen LogP) is 3.16. The van der Waals surface area contributed by atoms with Gasteiger partial charge in [0.15, 0.2) is 0 Å². The summed E-state index contributed by atoms with van der Waals surface area (Å²) in [6, 6.07) is 9.79. The van der Waals surface area contributed by atoms with Crippen LogP contribution in [-0.4, -0.2) is 17.8 Å². The molecule has 92 valence electrons. The summed E-state index contributed by atoms with van der Waals surface area (Å²) in [4.78, 5) is 15.6. The number of nitrogens with zero attached hydrogens (tertiary/aromatic N) is 1. The lowest BCUT2D eigenvalue weighted by atomic mass is 10.1. The molecule has 3 heteroatoms. The minimum absolute atomic E-state index is 0.0382. The van der Waals surface area contributed by atoms with E-state index in [1.807, 2.05) is 58.0 Å². The van der Waals surface area contributed by atoms with Crippen LogP contribution in [0.2, 0.25) is 0 Å². The van der Waals surface area contributed by atoms with Gasteiger partial charge in [-0.2, -0.15) is 0 Å². The number of esters is 1. The molecule has 0 fully saturated rings. The molecule has 0 amide bonds. The Labute approximate surface area is 103 Å². The Kier molecular flexibility index (Phi) is 4.44. The van der Waals surface area contributed by atoms with Gasteiger partial charge in [-0.3, -0.25) is 4.99 Å². The van der Waals surface area contributed by atoms with E-state index in [1.54, 1.807) is 0 Å². The summed E-state index contributed by atoms with van der Waals surface area (Å²) in [5.74, 6) is -0.403. The largest absolute Gasteiger partial charge is 0.456 e. The maximum absolute atomic E-state index is 11.4. The fraction of sp³-hybridized carbons (Fsp3) is 0.429. The van der Waals surface area contributed by atoms with E-state index in [9.17, 15) is 4.79 Å². The number of hydrogen-bond donors (Lipinski definition) is 0. The average Bonchev–Trinajstić information content (AvgIpc) is 2.25. The number of carbonyl (C=O) groups is 1. The predicted molar refractivity (Wildman–Crippen MR) is 69.2 cm³/mol. The lowest BCUT2D eigenvalue weighted by Gasteiger charge is -2.17. The summed E-state index contributed by atoms with van der Waals surface area (Å²) in [7, 11) is 0. The van der Waals surface area contributed by atoms with Gasteiger partial charge in [0.1, 0.15) is 11.8 Å². The number of benzene rings is 1. The maximum atomic E-state index is 11.4. The van der Waals surface area contributed by atoms with Crippen LogP contribution in [-0.2, 0) is 9.53 Å². The summed E-state index contributed by atoms with van der Waals surface area (Å²) in [5.41, 5.74) is 0.603. The first-order valence-electron chi connectivity index (χ1n) is 5.69. The van der Waals surface area contributed by atoms with Crippen molar-refractivity contribution in [1.82, 2.24) is 0 Å². The average molecular weight is 233 g/mol. The molecule has 1 aromatic carbocycles. The molecule has 0 N–H and O–H groups in total. The van der Waals surface area contributed by atoms with Gasteiger partial charge >= 0.3 is 5.97 Å². The van der Waals surface area contributed by atoms with Crippen LogP contribution in [0.5, 0.6) is 0 Å². The Balaban J connectivity index is 2.57. The highest BCUT2D eigenvalue weighted by atomic mass is 16.6. The van der Waals surface area contributed by atoms with Crippen molar-refractivity contribution < 1.29 is 9.53 Å². The molecule has 0 bridgehead atoms. The highest BCUT2D eigenvalue weighted by molar-refractivity contribution is 6.23. The molecule has 17 heavy (non-hydrogen) atoms. The molecule has 3 nitrogen and oxygen atoms in total. The number of carbonyl (C=O) groups excluding carboxylic acids is 1. The van der Waals surface area contributed by atoms with Gasteiger partial charge in [-0.25, -0.2) is 4.79 Å². The van der Waals surface area contributed by atoms with Crippen LogP contribution in [0, 0.1) is 0 Å². The van der Waals surface area contributed by atoms with Gasteiger partial charge < -0.3 is 4.74 Å². The van der Waals surface area contributed by atoms with Crippen LogP contribution in [0.15, 0.2) is 35.3 Å². The molecule has 0 aliphatic carbocycles. The van der Waals surface area contributed by atoms with E-state index >= 15 is 0 Å². The van der Waals surface area contributed by atoms with Gasteiger partial charge in [0.2, 0.25) is 0 Å². The van der Waals surface area contributed by atoms with E-state index in [4.69, 9.17) is 4.74 Å². The quantitative estimate of drug-likeness (QED) is 0.594. The minimum atomic E-state index is -0.473. The molecule has 0 saturated heterocycles. The van der Waals surface area contributed by atoms with Crippen LogP contribution in [0.25, 0.3) is 0 Å². The highest BCUT2D eigenvalue weighted by Gasteiger charge is 2.14. The van der Waals surface area contributed by atoms with E-state index in [1.165, 1.54) is 6.21 Å². The van der Waals surface area contributed by atoms with Crippen molar-refractivity contribution in [2.75, 3.05) is 0 Å². The van der Waals surface area contributed by atoms with E-state index in [0.717, 1.165) is 5.56 Å². The second-order valence-corrected chi connectivity index (χ2v) is 4.90. The molecule has 0 spiro atoms. The Bertz CT molecular complexity index is 390. The van der Waals surface area contributed by atoms with Gasteiger partial charge in [-0.15, -0.1) is 0 Å². The molecule has 1 atom stereocenters. The fourth-order valence-corrected chi connectivity index (χ4v) is 1.32. The van der Waals surface area contributed by atoms with Gasteiger partial charge in [0, 0.05) is 0 Å². The third-order valence-corrected chi connectivity index (χ3v) is 2.09. The third-order valence-electron chi connectivity index (χ3n) is 2.09. The van der Waals surface area contributed by atoms with Gasteiger partial charge in [0.05, 0.1) is 6.04 Å². The van der Waals surface area contributed by atoms with Crippen molar-refractivity contribution in [2.45, 2.75) is 39.3 Å². The molecule has 0 heterocycles. The standard InChI is InChI=1S/C14H19NO2/c1-11(12-8-6-5-7-9-12)15-10-13(16)17-14(2,3)4/h5-11H,1-4H3. The summed E-state index contributed by atoms with van der Waals surface area (Å²) < 4.78 is 5.14. The van der Waals surface area contributed by atoms with Crippen LogP contribution in [0.1, 0.15) is 39.3 Å². The summed E-state index contributed by atoms with van der Waals surface area (Å²) >= 11 is 0. The van der Waals surface area contributed by atoms with Crippen LogP contribution < -0.4 is 0 Å². The zero-order chi connectivity index (χ0) is 12.9. The van der Waals surface area contributed by atoms with E-state index < -0.39 is 11.6 Å². The highest BCUT2D eigenvalue weighted by Crippen LogP contribution is 2.15. The van der Waals surface area contributed by atoms with Crippen molar-refractivity contribution in [3.05, 3.63) is 35.9 Å². The Hall–Kier alpha value is -1.64.